The van der Waals surface area contributed by atoms with Gasteiger partial charge >= 0.3 is 0 Å². The Morgan fingerprint density at radius 2 is 1.56 bits per heavy atom. The van der Waals surface area contributed by atoms with Crippen molar-refractivity contribution in [1.82, 2.24) is 15.5 Å². The number of imide groups is 1. The van der Waals surface area contributed by atoms with Crippen molar-refractivity contribution < 1.29 is 9.59 Å². The van der Waals surface area contributed by atoms with Crippen molar-refractivity contribution in [2.24, 2.45) is 4.99 Å². The van der Waals surface area contributed by atoms with Crippen LogP contribution in [0.2, 0.25) is 0 Å². The number of carbonyl (C=O) groups is 2. The van der Waals surface area contributed by atoms with E-state index < -0.39 is 0 Å². The smallest absolute Gasteiger partial charge is 0.261 e. The Bertz CT molecular complexity index is 813. The molecule has 2 N–H and O–H groups in total. The number of benzene rings is 2. The van der Waals surface area contributed by atoms with Crippen LogP contribution in [0, 0.1) is 0 Å². The van der Waals surface area contributed by atoms with Gasteiger partial charge in [0.15, 0.2) is 5.96 Å². The minimum atomic E-state index is -0.238. The number of rotatable bonds is 6. The van der Waals surface area contributed by atoms with Gasteiger partial charge in [-0.25, -0.2) is 0 Å². The normalized spacial score (nSPS) is 14.9. The molecule has 3 rings (SSSR count). The van der Waals surface area contributed by atoms with Crippen molar-refractivity contribution in [3.05, 3.63) is 71.3 Å². The summed E-state index contributed by atoms with van der Waals surface area (Å²) in [5.74, 6) is 0.506. The third kappa shape index (κ3) is 4.16. The molecule has 2 aromatic rings. The molecule has 1 aliphatic rings. The van der Waals surface area contributed by atoms with Gasteiger partial charge in [0.2, 0.25) is 0 Å². The van der Waals surface area contributed by atoms with Crippen molar-refractivity contribution >= 4 is 17.8 Å². The van der Waals surface area contributed by atoms with Crippen LogP contribution in [0.4, 0.5) is 0 Å². The monoisotopic (exact) mass is 364 g/mol. The Balaban J connectivity index is 1.48. The summed E-state index contributed by atoms with van der Waals surface area (Å²) in [6.45, 7) is 3.61. The lowest BCUT2D eigenvalue weighted by atomic mass is 10.0. The molecule has 1 unspecified atom stereocenters. The van der Waals surface area contributed by atoms with E-state index in [0.717, 1.165) is 6.54 Å². The number of amides is 2. The van der Waals surface area contributed by atoms with Crippen LogP contribution in [0.25, 0.3) is 0 Å². The van der Waals surface area contributed by atoms with E-state index in [1.54, 1.807) is 31.3 Å². The first kappa shape index (κ1) is 18.6. The third-order valence-electron chi connectivity index (χ3n) is 4.67. The van der Waals surface area contributed by atoms with Gasteiger partial charge in [0.25, 0.3) is 11.8 Å². The number of nitrogens with one attached hydrogen (secondary N) is 2. The third-order valence-corrected chi connectivity index (χ3v) is 4.67. The standard InChI is InChI=1S/C21H24N4O2/c1-15(16-8-4-3-5-9-16)14-24-21(22-2)23-12-13-25-19(26)17-10-6-7-11-18(17)20(25)27/h3-11,15H,12-14H2,1-2H3,(H2,22,23,24). The maximum Gasteiger partial charge on any atom is 0.261 e. The fourth-order valence-electron chi connectivity index (χ4n) is 3.10. The summed E-state index contributed by atoms with van der Waals surface area (Å²) >= 11 is 0. The molecule has 0 saturated carbocycles. The topological polar surface area (TPSA) is 73.8 Å². The van der Waals surface area contributed by atoms with E-state index in [0.29, 0.717) is 36.1 Å². The molecule has 6 nitrogen and oxygen atoms in total. The summed E-state index contributed by atoms with van der Waals surface area (Å²) in [6, 6.07) is 17.2. The first-order valence-corrected chi connectivity index (χ1v) is 9.06. The molecule has 140 valence electrons. The van der Waals surface area contributed by atoms with Gasteiger partial charge in [-0.2, -0.15) is 0 Å². The van der Waals surface area contributed by atoms with Crippen LogP contribution in [-0.2, 0) is 0 Å². The fraction of sp³-hybridized carbons (Fsp3) is 0.286. The number of hydrogen-bond donors (Lipinski definition) is 2. The van der Waals surface area contributed by atoms with Crippen LogP contribution in [0.15, 0.2) is 59.6 Å². The van der Waals surface area contributed by atoms with Crippen molar-refractivity contribution in [3.63, 3.8) is 0 Å². The SMILES string of the molecule is CN=C(NCCN1C(=O)c2ccccc2C1=O)NCC(C)c1ccccc1. The van der Waals surface area contributed by atoms with Crippen LogP contribution in [-0.4, -0.2) is 49.4 Å². The van der Waals surface area contributed by atoms with Crippen LogP contribution in [0.5, 0.6) is 0 Å². The zero-order valence-electron chi connectivity index (χ0n) is 15.6. The Morgan fingerprint density at radius 1 is 0.963 bits per heavy atom. The Labute approximate surface area is 159 Å². The summed E-state index contributed by atoms with van der Waals surface area (Å²) in [7, 11) is 1.70. The lowest BCUT2D eigenvalue weighted by Gasteiger charge is -2.18. The molecule has 2 amide bonds. The maximum absolute atomic E-state index is 12.4. The van der Waals surface area contributed by atoms with Gasteiger partial charge in [-0.05, 0) is 23.6 Å². The molecule has 0 radical (unpaired) electrons. The number of nitrogens with zero attached hydrogens (tertiary/aromatic N) is 2. The van der Waals surface area contributed by atoms with Crippen LogP contribution in [0.3, 0.4) is 0 Å². The van der Waals surface area contributed by atoms with Gasteiger partial charge in [0.05, 0.1) is 11.1 Å². The lowest BCUT2D eigenvalue weighted by Crippen LogP contribution is -2.43. The molecule has 0 spiro atoms. The Kier molecular flexibility index (Phi) is 5.86. The molecule has 1 atom stereocenters. The van der Waals surface area contributed by atoms with E-state index in [1.807, 2.05) is 18.2 Å². The maximum atomic E-state index is 12.4. The van der Waals surface area contributed by atoms with Crippen LogP contribution in [0.1, 0.15) is 39.1 Å². The van der Waals surface area contributed by atoms with Crippen molar-refractivity contribution in [1.29, 1.82) is 0 Å². The highest BCUT2D eigenvalue weighted by molar-refractivity contribution is 6.21. The molecule has 6 heteroatoms. The highest BCUT2D eigenvalue weighted by atomic mass is 16.2. The van der Waals surface area contributed by atoms with E-state index in [9.17, 15) is 9.59 Å². The quantitative estimate of drug-likeness (QED) is 0.468. The Morgan fingerprint density at radius 3 is 2.15 bits per heavy atom. The van der Waals surface area contributed by atoms with E-state index in [2.05, 4.69) is 34.7 Å². The van der Waals surface area contributed by atoms with E-state index in [4.69, 9.17) is 0 Å². The minimum absolute atomic E-state index is 0.238. The molecule has 0 aromatic heterocycles. The van der Waals surface area contributed by atoms with Crippen LogP contribution >= 0.6 is 0 Å². The highest BCUT2D eigenvalue weighted by Crippen LogP contribution is 2.21. The zero-order chi connectivity index (χ0) is 19.2. The predicted octanol–water partition coefficient (Wildman–Crippen LogP) is 2.25. The van der Waals surface area contributed by atoms with Gasteiger partial charge in [-0.3, -0.25) is 19.5 Å². The molecular weight excluding hydrogens is 340 g/mol. The van der Waals surface area contributed by atoms with E-state index >= 15 is 0 Å². The molecule has 1 aliphatic heterocycles. The first-order chi connectivity index (χ1) is 13.1. The molecule has 1 heterocycles. The first-order valence-electron chi connectivity index (χ1n) is 9.06. The summed E-state index contributed by atoms with van der Waals surface area (Å²) in [5.41, 5.74) is 2.20. The molecule has 0 fully saturated rings. The number of aliphatic imine (C=N–C) groups is 1. The lowest BCUT2D eigenvalue weighted by molar-refractivity contribution is 0.0657. The summed E-state index contributed by atoms with van der Waals surface area (Å²) in [5, 5.41) is 6.45. The summed E-state index contributed by atoms with van der Waals surface area (Å²) in [4.78, 5) is 30.2. The van der Waals surface area contributed by atoms with E-state index in [1.165, 1.54) is 10.5 Å². The summed E-state index contributed by atoms with van der Waals surface area (Å²) in [6.07, 6.45) is 0. The number of hydrogen-bond acceptors (Lipinski definition) is 3. The molecule has 0 saturated heterocycles. The largest absolute Gasteiger partial charge is 0.356 e. The number of fused-ring (bicyclic) bond motifs is 1. The molecule has 0 aliphatic carbocycles. The molecule has 2 aromatic carbocycles. The van der Waals surface area contributed by atoms with Gasteiger partial charge in [-0.1, -0.05) is 49.4 Å². The van der Waals surface area contributed by atoms with Gasteiger partial charge < -0.3 is 10.6 Å². The van der Waals surface area contributed by atoms with E-state index in [-0.39, 0.29) is 11.8 Å². The second-order valence-electron chi connectivity index (χ2n) is 6.50. The van der Waals surface area contributed by atoms with Crippen LogP contribution < -0.4 is 10.6 Å². The minimum Gasteiger partial charge on any atom is -0.356 e. The fourth-order valence-corrected chi connectivity index (χ4v) is 3.10. The zero-order valence-corrected chi connectivity index (χ0v) is 15.6. The van der Waals surface area contributed by atoms with Crippen molar-refractivity contribution in [2.75, 3.05) is 26.7 Å². The predicted molar refractivity (Wildman–Crippen MR) is 106 cm³/mol. The van der Waals surface area contributed by atoms with Gasteiger partial charge in [-0.15, -0.1) is 0 Å². The highest BCUT2D eigenvalue weighted by Gasteiger charge is 2.34. The number of carbonyl (C=O) groups excluding carboxylic acids is 2. The summed E-state index contributed by atoms with van der Waals surface area (Å²) < 4.78 is 0. The Hall–Kier alpha value is -3.15. The number of guanidine groups is 1. The average Bonchev–Trinajstić information content (AvgIpc) is 2.96. The van der Waals surface area contributed by atoms with Crippen molar-refractivity contribution in [3.8, 4) is 0 Å². The van der Waals surface area contributed by atoms with Gasteiger partial charge in [0, 0.05) is 26.7 Å². The molecule has 27 heavy (non-hydrogen) atoms. The second kappa shape index (κ2) is 8.49. The average molecular weight is 364 g/mol. The van der Waals surface area contributed by atoms with Crippen molar-refractivity contribution in [2.45, 2.75) is 12.8 Å². The molecule has 0 bridgehead atoms. The second-order valence-corrected chi connectivity index (χ2v) is 6.50. The van der Waals surface area contributed by atoms with Gasteiger partial charge in [0.1, 0.15) is 0 Å². The molecular formula is C21H24N4O2.